The molecule has 0 unspecified atom stereocenters. The van der Waals surface area contributed by atoms with Gasteiger partial charge in [0.25, 0.3) is 0 Å². The molecule has 84 valence electrons. The van der Waals surface area contributed by atoms with Gasteiger partial charge in [-0.2, -0.15) is 0 Å². The minimum atomic E-state index is -0.793. The molecule has 2 rings (SSSR count). The monoisotopic (exact) mass is 283 g/mol. The smallest absolute Gasteiger partial charge is 0.397 e. The van der Waals surface area contributed by atoms with E-state index >= 15 is 0 Å². The minimum absolute atomic E-state index is 0.241. The summed E-state index contributed by atoms with van der Waals surface area (Å²) in [6, 6.07) is 5.62. The van der Waals surface area contributed by atoms with Crippen LogP contribution in [0.25, 0.3) is 0 Å². The van der Waals surface area contributed by atoms with Crippen LogP contribution in [0, 0.1) is 6.92 Å². The standard InChI is InChI=1S/C11H10BrNO3/c1-7-2-3-9(8(12)6-7)13-4-5-16-11(15)10(13)14/h2-3,6H,4-5H2,1H3. The van der Waals surface area contributed by atoms with Crippen molar-refractivity contribution in [1.82, 2.24) is 0 Å². The number of carbonyl (C=O) groups excluding carboxylic acids is 2. The third kappa shape index (κ3) is 1.95. The fraction of sp³-hybridized carbons (Fsp3) is 0.273. The van der Waals surface area contributed by atoms with E-state index in [0.29, 0.717) is 12.2 Å². The molecule has 1 fully saturated rings. The first-order chi connectivity index (χ1) is 7.59. The van der Waals surface area contributed by atoms with E-state index in [9.17, 15) is 9.59 Å². The Balaban J connectivity index is 2.36. The number of halogens is 1. The van der Waals surface area contributed by atoms with E-state index in [2.05, 4.69) is 20.7 Å². The van der Waals surface area contributed by atoms with Crippen molar-refractivity contribution in [3.63, 3.8) is 0 Å². The number of nitrogens with zero attached hydrogens (tertiary/aromatic N) is 1. The summed E-state index contributed by atoms with van der Waals surface area (Å²) in [6.07, 6.45) is 0. The first-order valence-electron chi connectivity index (χ1n) is 4.84. The molecular weight excluding hydrogens is 274 g/mol. The van der Waals surface area contributed by atoms with E-state index in [4.69, 9.17) is 0 Å². The number of aryl methyl sites for hydroxylation is 1. The molecule has 4 nitrogen and oxygen atoms in total. The first kappa shape index (κ1) is 11.1. The van der Waals surface area contributed by atoms with Crippen LogP contribution in [0.4, 0.5) is 5.69 Å². The van der Waals surface area contributed by atoms with Gasteiger partial charge in [-0.15, -0.1) is 0 Å². The number of hydrogen-bond donors (Lipinski definition) is 0. The largest absolute Gasteiger partial charge is 0.457 e. The maximum Gasteiger partial charge on any atom is 0.397 e. The summed E-state index contributed by atoms with van der Waals surface area (Å²) in [5, 5.41) is 0. The normalized spacial score (nSPS) is 16.2. The van der Waals surface area contributed by atoms with E-state index < -0.39 is 11.9 Å². The molecule has 1 amide bonds. The highest BCUT2D eigenvalue weighted by Gasteiger charge is 2.30. The number of anilines is 1. The Morgan fingerprint density at radius 2 is 2.12 bits per heavy atom. The van der Waals surface area contributed by atoms with Gasteiger partial charge in [0, 0.05) is 4.47 Å². The van der Waals surface area contributed by atoms with E-state index in [1.807, 2.05) is 25.1 Å². The lowest BCUT2D eigenvalue weighted by molar-refractivity contribution is -0.156. The quantitative estimate of drug-likeness (QED) is 0.582. The molecule has 1 aliphatic rings. The molecule has 0 saturated carbocycles. The number of benzene rings is 1. The topological polar surface area (TPSA) is 46.6 Å². The van der Waals surface area contributed by atoms with Crippen molar-refractivity contribution in [2.45, 2.75) is 6.92 Å². The van der Waals surface area contributed by atoms with Crippen molar-refractivity contribution >= 4 is 33.5 Å². The molecule has 1 aromatic carbocycles. The fourth-order valence-corrected chi connectivity index (χ4v) is 2.27. The SMILES string of the molecule is Cc1ccc(N2CCOC(=O)C2=O)c(Br)c1. The molecule has 0 spiro atoms. The molecule has 0 bridgehead atoms. The van der Waals surface area contributed by atoms with Crippen LogP contribution in [0.15, 0.2) is 22.7 Å². The van der Waals surface area contributed by atoms with Crippen molar-refractivity contribution < 1.29 is 14.3 Å². The highest BCUT2D eigenvalue weighted by Crippen LogP contribution is 2.28. The molecule has 0 radical (unpaired) electrons. The van der Waals surface area contributed by atoms with Gasteiger partial charge in [0.05, 0.1) is 12.2 Å². The summed E-state index contributed by atoms with van der Waals surface area (Å²) < 4.78 is 5.46. The Hall–Kier alpha value is -1.36. The van der Waals surface area contributed by atoms with Crippen molar-refractivity contribution in [2.75, 3.05) is 18.1 Å². The molecule has 0 N–H and O–H groups in total. The van der Waals surface area contributed by atoms with E-state index in [1.54, 1.807) is 0 Å². The second-order valence-corrected chi connectivity index (χ2v) is 4.40. The first-order valence-corrected chi connectivity index (χ1v) is 5.63. The maximum atomic E-state index is 11.6. The fourth-order valence-electron chi connectivity index (χ4n) is 1.56. The second-order valence-electron chi connectivity index (χ2n) is 3.55. The predicted octanol–water partition coefficient (Wildman–Crippen LogP) is 1.65. The third-order valence-corrected chi connectivity index (χ3v) is 3.00. The van der Waals surface area contributed by atoms with E-state index in [0.717, 1.165) is 10.0 Å². The zero-order valence-corrected chi connectivity index (χ0v) is 10.3. The third-order valence-electron chi connectivity index (χ3n) is 2.36. The summed E-state index contributed by atoms with van der Waals surface area (Å²) >= 11 is 3.38. The van der Waals surface area contributed by atoms with Crippen LogP contribution in [0.5, 0.6) is 0 Å². The van der Waals surface area contributed by atoms with Crippen molar-refractivity contribution in [1.29, 1.82) is 0 Å². The number of carbonyl (C=O) groups is 2. The average molecular weight is 284 g/mol. The van der Waals surface area contributed by atoms with Crippen LogP contribution in [0.3, 0.4) is 0 Å². The maximum absolute atomic E-state index is 11.6. The molecule has 1 aromatic rings. The van der Waals surface area contributed by atoms with Crippen LogP contribution >= 0.6 is 15.9 Å². The second kappa shape index (κ2) is 4.25. The summed E-state index contributed by atoms with van der Waals surface area (Å²) in [4.78, 5) is 24.1. The Morgan fingerprint density at radius 1 is 1.38 bits per heavy atom. The number of rotatable bonds is 1. The van der Waals surface area contributed by atoms with Crippen molar-refractivity contribution in [2.24, 2.45) is 0 Å². The van der Waals surface area contributed by atoms with Gasteiger partial charge in [0.15, 0.2) is 0 Å². The Bertz CT molecular complexity index is 459. The van der Waals surface area contributed by atoms with E-state index in [1.165, 1.54) is 4.90 Å². The molecule has 1 heterocycles. The molecule has 1 saturated heterocycles. The Kier molecular flexibility index (Phi) is 2.96. The van der Waals surface area contributed by atoms with Gasteiger partial charge >= 0.3 is 11.9 Å². The Morgan fingerprint density at radius 3 is 2.81 bits per heavy atom. The summed E-state index contributed by atoms with van der Waals surface area (Å²) in [7, 11) is 0. The number of esters is 1. The number of hydrogen-bond acceptors (Lipinski definition) is 3. The van der Waals surface area contributed by atoms with Crippen molar-refractivity contribution in [3.8, 4) is 0 Å². The van der Waals surface area contributed by atoms with Crippen LogP contribution in [0.2, 0.25) is 0 Å². The molecule has 16 heavy (non-hydrogen) atoms. The van der Waals surface area contributed by atoms with E-state index in [-0.39, 0.29) is 6.61 Å². The van der Waals surface area contributed by atoms with Crippen LogP contribution in [-0.2, 0) is 14.3 Å². The zero-order valence-electron chi connectivity index (χ0n) is 8.70. The predicted molar refractivity (Wildman–Crippen MR) is 62.2 cm³/mol. The number of amides is 1. The average Bonchev–Trinajstić information content (AvgIpc) is 2.23. The van der Waals surface area contributed by atoms with Gasteiger partial charge in [0.2, 0.25) is 0 Å². The van der Waals surface area contributed by atoms with Gasteiger partial charge < -0.3 is 4.74 Å². The lowest BCUT2D eigenvalue weighted by Crippen LogP contribution is -2.45. The lowest BCUT2D eigenvalue weighted by atomic mass is 10.2. The van der Waals surface area contributed by atoms with Gasteiger partial charge in [0.1, 0.15) is 6.61 Å². The lowest BCUT2D eigenvalue weighted by Gasteiger charge is -2.26. The Labute approximate surface area is 101 Å². The molecule has 0 aliphatic carbocycles. The number of morpholine rings is 1. The molecule has 1 aliphatic heterocycles. The van der Waals surface area contributed by atoms with Crippen LogP contribution in [-0.4, -0.2) is 25.0 Å². The minimum Gasteiger partial charge on any atom is -0.457 e. The number of cyclic esters (lactones) is 1. The summed E-state index contributed by atoms with van der Waals surface area (Å²) in [5.41, 5.74) is 1.79. The number of ether oxygens (including phenoxy) is 1. The zero-order chi connectivity index (χ0) is 11.7. The van der Waals surface area contributed by atoms with Gasteiger partial charge in [-0.25, -0.2) is 4.79 Å². The van der Waals surface area contributed by atoms with Gasteiger partial charge in [-0.1, -0.05) is 6.07 Å². The molecular formula is C11H10BrNO3. The van der Waals surface area contributed by atoms with Crippen LogP contribution < -0.4 is 4.90 Å². The van der Waals surface area contributed by atoms with Crippen molar-refractivity contribution in [3.05, 3.63) is 28.2 Å². The summed E-state index contributed by atoms with van der Waals surface area (Å²) in [6.45, 7) is 2.60. The molecule has 0 atom stereocenters. The highest BCUT2D eigenvalue weighted by molar-refractivity contribution is 9.10. The van der Waals surface area contributed by atoms with Crippen LogP contribution in [0.1, 0.15) is 5.56 Å². The summed E-state index contributed by atoms with van der Waals surface area (Å²) in [5.74, 6) is -1.41. The highest BCUT2D eigenvalue weighted by atomic mass is 79.9. The van der Waals surface area contributed by atoms with Gasteiger partial charge in [-0.3, -0.25) is 9.69 Å². The molecule has 0 aromatic heterocycles. The van der Waals surface area contributed by atoms with Gasteiger partial charge in [-0.05, 0) is 40.5 Å². The molecule has 5 heteroatoms.